The maximum atomic E-state index is 13.1. The van der Waals surface area contributed by atoms with Gasteiger partial charge in [0.05, 0.1) is 12.5 Å². The average molecular weight is 394 g/mol. The molecule has 4 rings (SSSR count). The van der Waals surface area contributed by atoms with Crippen LogP contribution in [0, 0.1) is 18.7 Å². The average Bonchev–Trinajstić information content (AvgIpc) is 3.18. The highest BCUT2D eigenvalue weighted by atomic mass is 19.1. The first-order valence-corrected chi connectivity index (χ1v) is 9.74. The lowest BCUT2D eigenvalue weighted by atomic mass is 9.97. The quantitative estimate of drug-likeness (QED) is 0.714. The number of aryl methyl sites for hydroxylation is 1. The molecule has 1 aliphatic rings. The maximum Gasteiger partial charge on any atom is 0.225 e. The number of piperidine rings is 1. The van der Waals surface area contributed by atoms with Gasteiger partial charge >= 0.3 is 0 Å². The lowest BCUT2D eigenvalue weighted by Gasteiger charge is -2.32. The van der Waals surface area contributed by atoms with Crippen molar-refractivity contribution in [2.24, 2.45) is 5.92 Å². The second kappa shape index (κ2) is 8.43. The lowest BCUT2D eigenvalue weighted by molar-refractivity contribution is -0.125. The van der Waals surface area contributed by atoms with E-state index >= 15 is 0 Å². The van der Waals surface area contributed by atoms with E-state index in [1.165, 1.54) is 12.1 Å². The third kappa shape index (κ3) is 4.62. The molecule has 7 heteroatoms. The zero-order chi connectivity index (χ0) is 20.2. The van der Waals surface area contributed by atoms with Gasteiger partial charge in [0.15, 0.2) is 0 Å². The molecule has 29 heavy (non-hydrogen) atoms. The third-order valence-electron chi connectivity index (χ3n) is 5.12. The summed E-state index contributed by atoms with van der Waals surface area (Å²) >= 11 is 0. The third-order valence-corrected chi connectivity index (χ3v) is 5.12. The van der Waals surface area contributed by atoms with Crippen molar-refractivity contribution in [1.82, 2.24) is 15.3 Å². The largest absolute Gasteiger partial charge is 0.465 e. The number of nitrogens with zero attached hydrogens (tertiary/aromatic N) is 3. The van der Waals surface area contributed by atoms with Crippen molar-refractivity contribution in [3.8, 4) is 11.1 Å². The molecular formula is C22H23FN4O2. The number of rotatable bonds is 5. The van der Waals surface area contributed by atoms with Crippen molar-refractivity contribution in [3.63, 3.8) is 0 Å². The van der Waals surface area contributed by atoms with Crippen LogP contribution in [-0.4, -0.2) is 29.0 Å². The Morgan fingerprint density at radius 2 is 1.93 bits per heavy atom. The molecule has 1 amide bonds. The summed E-state index contributed by atoms with van der Waals surface area (Å²) < 4.78 is 18.6. The summed E-state index contributed by atoms with van der Waals surface area (Å²) in [5, 5.41) is 2.96. The van der Waals surface area contributed by atoms with E-state index in [1.807, 2.05) is 24.0 Å². The molecule has 6 nitrogen and oxygen atoms in total. The standard InChI is InChI=1S/C22H23FN4O2/c1-15-4-9-20(29-15)13-24-21(28)17-3-2-10-27(14-17)22-25-11-18(12-26-22)16-5-7-19(23)8-6-16/h4-9,11-12,17H,2-3,10,13-14H2,1H3,(H,24,28)/t17-/m0/s1. The normalized spacial score (nSPS) is 16.6. The van der Waals surface area contributed by atoms with E-state index in [0.717, 1.165) is 42.0 Å². The predicted molar refractivity (Wildman–Crippen MR) is 108 cm³/mol. The highest BCUT2D eigenvalue weighted by Crippen LogP contribution is 2.23. The highest BCUT2D eigenvalue weighted by molar-refractivity contribution is 5.79. The van der Waals surface area contributed by atoms with E-state index in [9.17, 15) is 9.18 Å². The van der Waals surface area contributed by atoms with E-state index in [4.69, 9.17) is 4.42 Å². The number of carbonyl (C=O) groups excluding carboxylic acids is 1. The van der Waals surface area contributed by atoms with Crippen LogP contribution in [0.1, 0.15) is 24.4 Å². The summed E-state index contributed by atoms with van der Waals surface area (Å²) in [6.45, 7) is 3.67. The number of aromatic nitrogens is 2. The van der Waals surface area contributed by atoms with Crippen LogP contribution < -0.4 is 10.2 Å². The van der Waals surface area contributed by atoms with Gasteiger partial charge in [-0.1, -0.05) is 12.1 Å². The molecule has 3 aromatic rings. The van der Waals surface area contributed by atoms with Crippen LogP contribution in [0.15, 0.2) is 53.2 Å². The molecule has 0 spiro atoms. The van der Waals surface area contributed by atoms with Gasteiger partial charge in [-0.05, 0) is 49.6 Å². The van der Waals surface area contributed by atoms with Crippen molar-refractivity contribution < 1.29 is 13.6 Å². The Balaban J connectivity index is 1.37. The SMILES string of the molecule is Cc1ccc(CNC(=O)[C@H]2CCCN(c3ncc(-c4ccc(F)cc4)cn3)C2)o1. The van der Waals surface area contributed by atoms with Crippen molar-refractivity contribution >= 4 is 11.9 Å². The summed E-state index contributed by atoms with van der Waals surface area (Å²) in [5.74, 6) is 1.83. The molecule has 0 aliphatic carbocycles. The molecule has 0 radical (unpaired) electrons. The van der Waals surface area contributed by atoms with Crippen molar-refractivity contribution in [1.29, 1.82) is 0 Å². The van der Waals surface area contributed by atoms with Crippen LogP contribution in [0.3, 0.4) is 0 Å². The van der Waals surface area contributed by atoms with Crippen LogP contribution in [0.5, 0.6) is 0 Å². The number of hydrogen-bond acceptors (Lipinski definition) is 5. The summed E-state index contributed by atoms with van der Waals surface area (Å²) in [4.78, 5) is 23.5. The number of hydrogen-bond donors (Lipinski definition) is 1. The van der Waals surface area contributed by atoms with Crippen LogP contribution in [-0.2, 0) is 11.3 Å². The summed E-state index contributed by atoms with van der Waals surface area (Å²) in [6.07, 6.45) is 5.21. The Morgan fingerprint density at radius 3 is 2.62 bits per heavy atom. The number of halogens is 1. The number of carbonyl (C=O) groups is 1. The molecule has 0 bridgehead atoms. The first kappa shape index (κ1) is 19.1. The zero-order valence-electron chi connectivity index (χ0n) is 16.3. The molecule has 1 atom stereocenters. The molecule has 1 N–H and O–H groups in total. The molecule has 1 fully saturated rings. The number of benzene rings is 1. The van der Waals surface area contributed by atoms with E-state index in [2.05, 4.69) is 15.3 Å². The Morgan fingerprint density at radius 1 is 1.17 bits per heavy atom. The van der Waals surface area contributed by atoms with Crippen LogP contribution >= 0.6 is 0 Å². The van der Waals surface area contributed by atoms with Gasteiger partial charge in [0.25, 0.3) is 0 Å². The van der Waals surface area contributed by atoms with Gasteiger partial charge in [0, 0.05) is 31.0 Å². The summed E-state index contributed by atoms with van der Waals surface area (Å²) in [7, 11) is 0. The molecule has 2 aromatic heterocycles. The van der Waals surface area contributed by atoms with Gasteiger partial charge in [0.2, 0.25) is 11.9 Å². The van der Waals surface area contributed by atoms with Crippen molar-refractivity contribution in [2.45, 2.75) is 26.3 Å². The Kier molecular flexibility index (Phi) is 5.55. The van der Waals surface area contributed by atoms with E-state index in [1.54, 1.807) is 24.5 Å². The van der Waals surface area contributed by atoms with Gasteiger partial charge in [-0.25, -0.2) is 14.4 Å². The molecule has 1 saturated heterocycles. The van der Waals surface area contributed by atoms with Gasteiger partial charge in [-0.2, -0.15) is 0 Å². The molecular weight excluding hydrogens is 371 g/mol. The molecule has 3 heterocycles. The number of amides is 1. The van der Waals surface area contributed by atoms with Crippen molar-refractivity contribution in [3.05, 3.63) is 66.1 Å². The fraction of sp³-hybridized carbons (Fsp3) is 0.318. The van der Waals surface area contributed by atoms with Gasteiger partial charge < -0.3 is 14.6 Å². The van der Waals surface area contributed by atoms with Crippen LogP contribution in [0.4, 0.5) is 10.3 Å². The second-order valence-corrected chi connectivity index (χ2v) is 7.29. The fourth-order valence-corrected chi connectivity index (χ4v) is 3.55. The molecule has 150 valence electrons. The molecule has 0 saturated carbocycles. The van der Waals surface area contributed by atoms with Gasteiger partial charge in [0.1, 0.15) is 17.3 Å². The topological polar surface area (TPSA) is 71.3 Å². The Labute approximate surface area is 168 Å². The molecule has 0 unspecified atom stereocenters. The molecule has 1 aromatic carbocycles. The smallest absolute Gasteiger partial charge is 0.225 e. The van der Waals surface area contributed by atoms with E-state index < -0.39 is 0 Å². The minimum absolute atomic E-state index is 0.0201. The highest BCUT2D eigenvalue weighted by Gasteiger charge is 2.27. The van der Waals surface area contributed by atoms with E-state index in [0.29, 0.717) is 19.0 Å². The van der Waals surface area contributed by atoms with Gasteiger partial charge in [-0.15, -0.1) is 0 Å². The predicted octanol–water partition coefficient (Wildman–Crippen LogP) is 3.72. The fourth-order valence-electron chi connectivity index (χ4n) is 3.55. The minimum atomic E-state index is -0.272. The Hall–Kier alpha value is -3.22. The van der Waals surface area contributed by atoms with Crippen LogP contribution in [0.25, 0.3) is 11.1 Å². The number of furan rings is 1. The number of anilines is 1. The second-order valence-electron chi connectivity index (χ2n) is 7.29. The molecule has 1 aliphatic heterocycles. The lowest BCUT2D eigenvalue weighted by Crippen LogP contribution is -2.43. The van der Waals surface area contributed by atoms with Crippen molar-refractivity contribution in [2.75, 3.05) is 18.0 Å². The minimum Gasteiger partial charge on any atom is -0.465 e. The Bertz CT molecular complexity index is 969. The number of nitrogens with one attached hydrogen (secondary N) is 1. The van der Waals surface area contributed by atoms with E-state index in [-0.39, 0.29) is 17.6 Å². The van der Waals surface area contributed by atoms with Crippen LogP contribution in [0.2, 0.25) is 0 Å². The first-order chi connectivity index (χ1) is 14.1. The van der Waals surface area contributed by atoms with Gasteiger partial charge in [-0.3, -0.25) is 4.79 Å². The zero-order valence-corrected chi connectivity index (χ0v) is 16.3. The maximum absolute atomic E-state index is 13.1. The monoisotopic (exact) mass is 394 g/mol. The summed E-state index contributed by atoms with van der Waals surface area (Å²) in [6, 6.07) is 10.0. The first-order valence-electron chi connectivity index (χ1n) is 9.74. The summed E-state index contributed by atoms with van der Waals surface area (Å²) in [5.41, 5.74) is 1.69.